The first-order chi connectivity index (χ1) is 10.1. The number of hydrogen-bond acceptors (Lipinski definition) is 4. The van der Waals surface area contributed by atoms with Crippen molar-refractivity contribution in [3.63, 3.8) is 0 Å². The van der Waals surface area contributed by atoms with Crippen LogP contribution in [-0.2, 0) is 4.79 Å². The third kappa shape index (κ3) is 4.20. The Morgan fingerprint density at radius 2 is 2.24 bits per heavy atom. The summed E-state index contributed by atoms with van der Waals surface area (Å²) in [5.74, 6) is 0.224. The molecule has 2 unspecified atom stereocenters. The number of nitrogens with one attached hydrogen (secondary N) is 1. The van der Waals surface area contributed by atoms with Crippen LogP contribution in [0.4, 0.5) is 5.69 Å². The molecule has 112 valence electrons. The zero-order valence-electron chi connectivity index (χ0n) is 12.2. The predicted octanol–water partition coefficient (Wildman–Crippen LogP) is 1.59. The molecule has 1 aromatic carbocycles. The third-order valence-corrected chi connectivity index (χ3v) is 3.95. The molecule has 2 N–H and O–H groups in total. The van der Waals surface area contributed by atoms with Crippen LogP contribution in [0.2, 0.25) is 0 Å². The van der Waals surface area contributed by atoms with E-state index in [1.54, 1.807) is 31.2 Å². The number of carbonyl (C=O) groups is 1. The van der Waals surface area contributed by atoms with E-state index >= 15 is 0 Å². The SMILES string of the molecule is CC(O)C1CCCN(C(=O)CNc2ccc(C#N)cc2)C1. The van der Waals surface area contributed by atoms with Crippen molar-refractivity contribution in [1.29, 1.82) is 5.26 Å². The minimum atomic E-state index is -0.368. The molecule has 0 radical (unpaired) electrons. The molecule has 0 aliphatic carbocycles. The molecule has 1 saturated heterocycles. The van der Waals surface area contributed by atoms with Gasteiger partial charge in [-0.05, 0) is 44.0 Å². The van der Waals surface area contributed by atoms with Crippen molar-refractivity contribution >= 4 is 11.6 Å². The highest BCUT2D eigenvalue weighted by atomic mass is 16.3. The second-order valence-corrected chi connectivity index (χ2v) is 5.53. The number of hydrogen-bond donors (Lipinski definition) is 2. The molecule has 0 spiro atoms. The molecular formula is C16H21N3O2. The molecule has 0 aromatic heterocycles. The Hall–Kier alpha value is -2.06. The normalized spacial score (nSPS) is 19.7. The quantitative estimate of drug-likeness (QED) is 0.881. The maximum atomic E-state index is 12.2. The number of nitrogens with zero attached hydrogens (tertiary/aromatic N) is 2. The number of carbonyl (C=O) groups excluding carboxylic acids is 1. The number of benzene rings is 1. The van der Waals surface area contributed by atoms with E-state index in [0.717, 1.165) is 25.1 Å². The van der Waals surface area contributed by atoms with Gasteiger partial charge < -0.3 is 15.3 Å². The molecule has 1 aromatic rings. The van der Waals surface area contributed by atoms with E-state index in [9.17, 15) is 9.90 Å². The lowest BCUT2D eigenvalue weighted by atomic mass is 9.93. The largest absolute Gasteiger partial charge is 0.393 e. The second kappa shape index (κ2) is 7.09. The van der Waals surface area contributed by atoms with Crippen LogP contribution in [0.15, 0.2) is 24.3 Å². The standard InChI is InChI=1S/C16H21N3O2/c1-12(20)14-3-2-8-19(11-14)16(21)10-18-15-6-4-13(9-17)5-7-15/h4-7,12,14,18,20H,2-3,8,10-11H2,1H3. The number of aliphatic hydroxyl groups is 1. The predicted molar refractivity (Wildman–Crippen MR) is 80.6 cm³/mol. The first kappa shape index (κ1) is 15.3. The fourth-order valence-corrected chi connectivity index (χ4v) is 2.58. The smallest absolute Gasteiger partial charge is 0.241 e. The number of aliphatic hydroxyl groups excluding tert-OH is 1. The zero-order chi connectivity index (χ0) is 15.2. The van der Waals surface area contributed by atoms with Crippen LogP contribution in [0, 0.1) is 17.2 Å². The van der Waals surface area contributed by atoms with Crippen LogP contribution in [-0.4, -0.2) is 41.7 Å². The lowest BCUT2D eigenvalue weighted by Crippen LogP contribution is -2.45. The summed E-state index contributed by atoms with van der Waals surface area (Å²) in [4.78, 5) is 14.0. The molecule has 1 heterocycles. The van der Waals surface area contributed by atoms with E-state index in [1.807, 2.05) is 4.90 Å². The Labute approximate surface area is 125 Å². The van der Waals surface area contributed by atoms with E-state index in [0.29, 0.717) is 12.1 Å². The van der Waals surface area contributed by atoms with Gasteiger partial charge in [0.15, 0.2) is 0 Å². The highest BCUT2D eigenvalue weighted by molar-refractivity contribution is 5.81. The number of likely N-dealkylation sites (tertiary alicyclic amines) is 1. The lowest BCUT2D eigenvalue weighted by molar-refractivity contribution is -0.131. The molecule has 2 rings (SSSR count). The highest BCUT2D eigenvalue weighted by Gasteiger charge is 2.26. The van der Waals surface area contributed by atoms with Gasteiger partial charge in [0.2, 0.25) is 5.91 Å². The Morgan fingerprint density at radius 1 is 1.52 bits per heavy atom. The topological polar surface area (TPSA) is 76.4 Å². The molecular weight excluding hydrogens is 266 g/mol. The Balaban J connectivity index is 1.85. The molecule has 0 saturated carbocycles. The average molecular weight is 287 g/mol. The van der Waals surface area contributed by atoms with E-state index in [4.69, 9.17) is 5.26 Å². The lowest BCUT2D eigenvalue weighted by Gasteiger charge is -2.34. The zero-order valence-corrected chi connectivity index (χ0v) is 12.2. The van der Waals surface area contributed by atoms with Gasteiger partial charge in [-0.25, -0.2) is 0 Å². The summed E-state index contributed by atoms with van der Waals surface area (Å²) in [6.07, 6.45) is 1.55. The molecule has 1 amide bonds. The van der Waals surface area contributed by atoms with Gasteiger partial charge in [0.1, 0.15) is 0 Å². The van der Waals surface area contributed by atoms with Crippen molar-refractivity contribution in [3.05, 3.63) is 29.8 Å². The summed E-state index contributed by atoms with van der Waals surface area (Å²) in [7, 11) is 0. The van der Waals surface area contributed by atoms with Crippen molar-refractivity contribution in [3.8, 4) is 6.07 Å². The van der Waals surface area contributed by atoms with E-state index < -0.39 is 0 Å². The third-order valence-electron chi connectivity index (χ3n) is 3.95. The summed E-state index contributed by atoms with van der Waals surface area (Å²) in [5.41, 5.74) is 1.43. The fraction of sp³-hybridized carbons (Fsp3) is 0.500. The Morgan fingerprint density at radius 3 is 2.86 bits per heavy atom. The van der Waals surface area contributed by atoms with Gasteiger partial charge in [0, 0.05) is 24.7 Å². The van der Waals surface area contributed by atoms with E-state index in [2.05, 4.69) is 11.4 Å². The van der Waals surface area contributed by atoms with Gasteiger partial charge in [-0.15, -0.1) is 0 Å². The van der Waals surface area contributed by atoms with Gasteiger partial charge in [-0.3, -0.25) is 4.79 Å². The van der Waals surface area contributed by atoms with Gasteiger partial charge in [-0.2, -0.15) is 5.26 Å². The number of nitriles is 1. The van der Waals surface area contributed by atoms with Gasteiger partial charge in [-0.1, -0.05) is 0 Å². The van der Waals surface area contributed by atoms with Crippen LogP contribution < -0.4 is 5.32 Å². The fourth-order valence-electron chi connectivity index (χ4n) is 2.58. The summed E-state index contributed by atoms with van der Waals surface area (Å²) in [6, 6.07) is 9.08. The minimum Gasteiger partial charge on any atom is -0.393 e. The molecule has 21 heavy (non-hydrogen) atoms. The summed E-state index contributed by atoms with van der Waals surface area (Å²) < 4.78 is 0. The molecule has 1 aliphatic rings. The van der Waals surface area contributed by atoms with Crippen LogP contribution >= 0.6 is 0 Å². The molecule has 0 bridgehead atoms. The summed E-state index contributed by atoms with van der Waals surface area (Å²) >= 11 is 0. The van der Waals surface area contributed by atoms with Crippen LogP contribution in [0.25, 0.3) is 0 Å². The maximum absolute atomic E-state index is 12.2. The first-order valence-electron chi connectivity index (χ1n) is 7.30. The Bertz CT molecular complexity index is 519. The first-order valence-corrected chi connectivity index (χ1v) is 7.30. The molecule has 1 aliphatic heterocycles. The molecule has 5 nitrogen and oxygen atoms in total. The maximum Gasteiger partial charge on any atom is 0.241 e. The van der Waals surface area contributed by atoms with Crippen molar-refractivity contribution in [2.75, 3.05) is 25.0 Å². The summed E-state index contributed by atoms with van der Waals surface area (Å²) in [5, 5.41) is 21.5. The number of piperidine rings is 1. The van der Waals surface area contributed by atoms with Crippen molar-refractivity contribution in [2.24, 2.45) is 5.92 Å². The van der Waals surface area contributed by atoms with Gasteiger partial charge >= 0.3 is 0 Å². The van der Waals surface area contributed by atoms with Crippen LogP contribution in [0.5, 0.6) is 0 Å². The molecule has 2 atom stereocenters. The second-order valence-electron chi connectivity index (χ2n) is 5.53. The van der Waals surface area contributed by atoms with Crippen LogP contribution in [0.1, 0.15) is 25.3 Å². The Kier molecular flexibility index (Phi) is 5.18. The van der Waals surface area contributed by atoms with Crippen LogP contribution in [0.3, 0.4) is 0 Å². The minimum absolute atomic E-state index is 0.0460. The van der Waals surface area contributed by atoms with Crippen molar-refractivity contribution in [2.45, 2.75) is 25.9 Å². The number of amides is 1. The van der Waals surface area contributed by atoms with Crippen molar-refractivity contribution in [1.82, 2.24) is 4.90 Å². The number of anilines is 1. The van der Waals surface area contributed by atoms with E-state index in [1.165, 1.54) is 0 Å². The average Bonchev–Trinajstić information content (AvgIpc) is 2.53. The molecule has 1 fully saturated rings. The van der Waals surface area contributed by atoms with Crippen molar-refractivity contribution < 1.29 is 9.90 Å². The van der Waals surface area contributed by atoms with Gasteiger partial charge in [0.25, 0.3) is 0 Å². The summed E-state index contributed by atoms with van der Waals surface area (Å²) in [6.45, 7) is 3.41. The number of rotatable bonds is 4. The molecule has 5 heteroatoms. The highest BCUT2D eigenvalue weighted by Crippen LogP contribution is 2.19. The van der Waals surface area contributed by atoms with E-state index in [-0.39, 0.29) is 24.5 Å². The van der Waals surface area contributed by atoms with Gasteiger partial charge in [0.05, 0.1) is 24.3 Å². The monoisotopic (exact) mass is 287 g/mol.